The molecule has 0 bridgehead atoms. The van der Waals surface area contributed by atoms with Crippen molar-refractivity contribution in [3.63, 3.8) is 0 Å². The van der Waals surface area contributed by atoms with Crippen molar-refractivity contribution in [1.82, 2.24) is 9.97 Å². The second-order valence-corrected chi connectivity index (χ2v) is 4.58. The third kappa shape index (κ3) is 3.23. The zero-order valence-corrected chi connectivity index (χ0v) is 11.9. The lowest BCUT2D eigenvalue weighted by atomic mass is 10.1. The summed E-state index contributed by atoms with van der Waals surface area (Å²) in [6.07, 6.45) is 0. The van der Waals surface area contributed by atoms with E-state index < -0.39 is 0 Å². The number of nitriles is 1. The molecular formula is C15H17N5. The summed E-state index contributed by atoms with van der Waals surface area (Å²) in [7, 11) is 3.81. The first-order chi connectivity index (χ1) is 9.62. The molecule has 1 heterocycles. The summed E-state index contributed by atoms with van der Waals surface area (Å²) < 4.78 is 0. The maximum absolute atomic E-state index is 8.93. The van der Waals surface area contributed by atoms with Crippen LogP contribution in [0.25, 0.3) is 0 Å². The highest BCUT2D eigenvalue weighted by Crippen LogP contribution is 2.17. The van der Waals surface area contributed by atoms with E-state index >= 15 is 0 Å². The van der Waals surface area contributed by atoms with Gasteiger partial charge in [-0.05, 0) is 24.6 Å². The molecule has 1 aromatic carbocycles. The van der Waals surface area contributed by atoms with Crippen LogP contribution in [0.5, 0.6) is 0 Å². The van der Waals surface area contributed by atoms with Crippen molar-refractivity contribution >= 4 is 11.6 Å². The maximum atomic E-state index is 8.93. The Morgan fingerprint density at radius 2 is 2.10 bits per heavy atom. The summed E-state index contributed by atoms with van der Waals surface area (Å²) >= 11 is 0. The number of hydrogen-bond donors (Lipinski definition) is 1. The van der Waals surface area contributed by atoms with Crippen LogP contribution in [0, 0.1) is 18.3 Å². The molecule has 0 saturated carbocycles. The molecule has 0 atom stereocenters. The van der Waals surface area contributed by atoms with E-state index in [1.165, 1.54) is 0 Å². The number of benzene rings is 1. The lowest BCUT2D eigenvalue weighted by Crippen LogP contribution is -2.18. The molecule has 1 N–H and O–H groups in total. The van der Waals surface area contributed by atoms with Crippen LogP contribution in [0.2, 0.25) is 0 Å². The molecule has 2 aromatic rings. The second-order valence-electron chi connectivity index (χ2n) is 4.58. The molecule has 0 aliphatic carbocycles. The number of hydrogen-bond acceptors (Lipinski definition) is 5. The molecule has 0 aliphatic rings. The summed E-state index contributed by atoms with van der Waals surface area (Å²) in [5.74, 6) is 2.37. The molecule has 0 unspecified atom stereocenters. The van der Waals surface area contributed by atoms with Crippen molar-refractivity contribution in [2.45, 2.75) is 13.5 Å². The van der Waals surface area contributed by atoms with Gasteiger partial charge in [-0.2, -0.15) is 5.26 Å². The molecule has 20 heavy (non-hydrogen) atoms. The van der Waals surface area contributed by atoms with Crippen molar-refractivity contribution in [2.75, 3.05) is 24.3 Å². The van der Waals surface area contributed by atoms with E-state index in [0.717, 1.165) is 23.0 Å². The van der Waals surface area contributed by atoms with Crippen molar-refractivity contribution in [1.29, 1.82) is 5.26 Å². The zero-order chi connectivity index (χ0) is 14.5. The Morgan fingerprint density at radius 1 is 1.30 bits per heavy atom. The Morgan fingerprint density at radius 3 is 2.80 bits per heavy atom. The van der Waals surface area contributed by atoms with E-state index in [9.17, 15) is 0 Å². The van der Waals surface area contributed by atoms with Gasteiger partial charge in [-0.25, -0.2) is 9.97 Å². The number of rotatable bonds is 4. The first-order valence-corrected chi connectivity index (χ1v) is 6.36. The third-order valence-electron chi connectivity index (χ3n) is 2.95. The normalized spacial score (nSPS) is 9.90. The standard InChI is InChI=1S/C15H17N5/c1-11-18-14(17-2)8-15(19-11)20(3)10-13-6-4-5-12(7-13)9-16/h4-8H,10H2,1-3H3,(H,17,18,19). The Kier molecular flexibility index (Phi) is 4.16. The maximum Gasteiger partial charge on any atom is 0.134 e. The van der Waals surface area contributed by atoms with Crippen LogP contribution in [0.1, 0.15) is 17.0 Å². The van der Waals surface area contributed by atoms with Crippen LogP contribution in [0.15, 0.2) is 30.3 Å². The monoisotopic (exact) mass is 267 g/mol. The molecular weight excluding hydrogens is 250 g/mol. The molecule has 1 aromatic heterocycles. The van der Waals surface area contributed by atoms with Crippen LogP contribution in [-0.4, -0.2) is 24.1 Å². The fraction of sp³-hybridized carbons (Fsp3) is 0.267. The van der Waals surface area contributed by atoms with Crippen molar-refractivity contribution in [3.8, 4) is 6.07 Å². The molecule has 0 amide bonds. The van der Waals surface area contributed by atoms with Crippen molar-refractivity contribution in [3.05, 3.63) is 47.3 Å². The largest absolute Gasteiger partial charge is 0.373 e. The average Bonchev–Trinajstić information content (AvgIpc) is 2.46. The number of aryl methyl sites for hydroxylation is 1. The molecule has 0 aliphatic heterocycles. The fourth-order valence-electron chi connectivity index (χ4n) is 1.97. The van der Waals surface area contributed by atoms with Crippen LogP contribution >= 0.6 is 0 Å². The third-order valence-corrected chi connectivity index (χ3v) is 2.95. The van der Waals surface area contributed by atoms with Gasteiger partial charge >= 0.3 is 0 Å². The summed E-state index contributed by atoms with van der Waals surface area (Å²) in [5, 5.41) is 11.9. The van der Waals surface area contributed by atoms with Gasteiger partial charge in [0.25, 0.3) is 0 Å². The summed E-state index contributed by atoms with van der Waals surface area (Å²) in [5.41, 5.74) is 1.75. The zero-order valence-electron chi connectivity index (χ0n) is 11.9. The van der Waals surface area contributed by atoms with E-state index in [-0.39, 0.29) is 0 Å². The lowest BCUT2D eigenvalue weighted by Gasteiger charge is -2.19. The van der Waals surface area contributed by atoms with E-state index in [1.54, 1.807) is 6.07 Å². The SMILES string of the molecule is CNc1cc(N(C)Cc2cccc(C#N)c2)nc(C)n1. The van der Waals surface area contributed by atoms with E-state index in [4.69, 9.17) is 5.26 Å². The molecule has 0 saturated heterocycles. The van der Waals surface area contributed by atoms with Crippen LogP contribution < -0.4 is 10.2 Å². The second kappa shape index (κ2) is 6.02. The van der Waals surface area contributed by atoms with Gasteiger partial charge in [-0.15, -0.1) is 0 Å². The number of nitrogens with zero attached hydrogens (tertiary/aromatic N) is 4. The molecule has 102 valence electrons. The lowest BCUT2D eigenvalue weighted by molar-refractivity contribution is 0.880. The van der Waals surface area contributed by atoms with Crippen LogP contribution in [0.3, 0.4) is 0 Å². The van der Waals surface area contributed by atoms with Gasteiger partial charge in [-0.3, -0.25) is 0 Å². The quantitative estimate of drug-likeness (QED) is 0.921. The van der Waals surface area contributed by atoms with Gasteiger partial charge in [0, 0.05) is 26.7 Å². The van der Waals surface area contributed by atoms with Gasteiger partial charge in [-0.1, -0.05) is 12.1 Å². The predicted molar refractivity (Wildman–Crippen MR) is 79.6 cm³/mol. The van der Waals surface area contributed by atoms with E-state index in [0.29, 0.717) is 12.1 Å². The highest BCUT2D eigenvalue weighted by molar-refractivity contribution is 5.49. The van der Waals surface area contributed by atoms with Gasteiger partial charge in [0.2, 0.25) is 0 Å². The molecule has 0 spiro atoms. The number of aromatic nitrogens is 2. The minimum absolute atomic E-state index is 0.672. The first kappa shape index (κ1) is 13.8. The van der Waals surface area contributed by atoms with Gasteiger partial charge in [0.1, 0.15) is 17.5 Å². The molecule has 5 nitrogen and oxygen atoms in total. The Labute approximate surface area is 118 Å². The van der Waals surface area contributed by atoms with Crippen LogP contribution in [0.4, 0.5) is 11.6 Å². The summed E-state index contributed by atoms with van der Waals surface area (Å²) in [4.78, 5) is 10.7. The summed E-state index contributed by atoms with van der Waals surface area (Å²) in [6.45, 7) is 2.56. The van der Waals surface area contributed by atoms with Crippen molar-refractivity contribution < 1.29 is 0 Å². The highest BCUT2D eigenvalue weighted by atomic mass is 15.2. The van der Waals surface area contributed by atoms with E-state index in [2.05, 4.69) is 21.4 Å². The average molecular weight is 267 g/mol. The Bertz CT molecular complexity index is 645. The smallest absolute Gasteiger partial charge is 0.134 e. The van der Waals surface area contributed by atoms with E-state index in [1.807, 2.05) is 50.2 Å². The Balaban J connectivity index is 2.21. The Hall–Kier alpha value is -2.61. The van der Waals surface area contributed by atoms with Gasteiger partial charge < -0.3 is 10.2 Å². The predicted octanol–water partition coefficient (Wildman–Crippen LogP) is 2.33. The first-order valence-electron chi connectivity index (χ1n) is 6.36. The summed E-state index contributed by atoms with van der Waals surface area (Å²) in [6, 6.07) is 11.7. The topological polar surface area (TPSA) is 64.8 Å². The molecule has 0 fully saturated rings. The van der Waals surface area contributed by atoms with Crippen LogP contribution in [-0.2, 0) is 6.54 Å². The van der Waals surface area contributed by atoms with Gasteiger partial charge in [0.15, 0.2) is 0 Å². The van der Waals surface area contributed by atoms with Gasteiger partial charge in [0.05, 0.1) is 11.6 Å². The molecule has 5 heteroatoms. The molecule has 0 radical (unpaired) electrons. The number of nitrogens with one attached hydrogen (secondary N) is 1. The number of anilines is 2. The fourth-order valence-corrected chi connectivity index (χ4v) is 1.97. The minimum atomic E-state index is 0.672. The van der Waals surface area contributed by atoms with Crippen molar-refractivity contribution in [2.24, 2.45) is 0 Å². The molecule has 2 rings (SSSR count). The highest BCUT2D eigenvalue weighted by Gasteiger charge is 2.07. The minimum Gasteiger partial charge on any atom is -0.373 e.